The van der Waals surface area contributed by atoms with E-state index in [1.54, 1.807) is 0 Å². The van der Waals surface area contributed by atoms with E-state index in [0.717, 1.165) is 6.42 Å². The van der Waals surface area contributed by atoms with E-state index in [4.69, 9.17) is 0 Å². The lowest BCUT2D eigenvalue weighted by Crippen LogP contribution is -2.13. The molecule has 2 rings (SSSR count). The van der Waals surface area contributed by atoms with Crippen molar-refractivity contribution in [3.63, 3.8) is 0 Å². The number of hydrogen-bond donors (Lipinski definition) is 1. The van der Waals surface area contributed by atoms with Gasteiger partial charge in [-0.15, -0.1) is 23.5 Å². The van der Waals surface area contributed by atoms with Gasteiger partial charge in [-0.25, -0.2) is 0 Å². The van der Waals surface area contributed by atoms with Crippen molar-refractivity contribution in [2.24, 2.45) is 0 Å². The van der Waals surface area contributed by atoms with Crippen LogP contribution in [0.5, 0.6) is 0 Å². The van der Waals surface area contributed by atoms with Crippen LogP contribution in [0.4, 0.5) is 5.69 Å². The standard InChI is InChI=1S/C13H19NS2/c1-3-10(2)14-12-6-4-5-11(9-12)13-15-7-8-16-13/h4-6,9-10,13-14H,3,7-8H2,1-2H3. The molecule has 88 valence electrons. The molecule has 1 fully saturated rings. The topological polar surface area (TPSA) is 12.0 Å². The second-order valence-electron chi connectivity index (χ2n) is 4.15. The van der Waals surface area contributed by atoms with Gasteiger partial charge in [-0.1, -0.05) is 19.1 Å². The van der Waals surface area contributed by atoms with E-state index in [1.165, 1.54) is 22.8 Å². The Hall–Kier alpha value is -0.280. The van der Waals surface area contributed by atoms with Crippen molar-refractivity contribution in [2.75, 3.05) is 16.8 Å². The molecule has 16 heavy (non-hydrogen) atoms. The van der Waals surface area contributed by atoms with Crippen molar-refractivity contribution in [3.8, 4) is 0 Å². The van der Waals surface area contributed by atoms with Crippen LogP contribution in [0.2, 0.25) is 0 Å². The van der Waals surface area contributed by atoms with Crippen LogP contribution < -0.4 is 5.32 Å². The molecule has 3 heteroatoms. The molecule has 1 saturated heterocycles. The maximum absolute atomic E-state index is 3.54. The fraction of sp³-hybridized carbons (Fsp3) is 0.538. The van der Waals surface area contributed by atoms with Crippen LogP contribution >= 0.6 is 23.5 Å². The van der Waals surface area contributed by atoms with Gasteiger partial charge in [-0.05, 0) is 31.0 Å². The van der Waals surface area contributed by atoms with Crippen LogP contribution in [-0.4, -0.2) is 17.5 Å². The lowest BCUT2D eigenvalue weighted by molar-refractivity contribution is 0.764. The van der Waals surface area contributed by atoms with Gasteiger partial charge in [-0.2, -0.15) is 0 Å². The number of hydrogen-bond acceptors (Lipinski definition) is 3. The summed E-state index contributed by atoms with van der Waals surface area (Å²) in [6.45, 7) is 4.44. The first-order valence-electron chi connectivity index (χ1n) is 5.89. The highest BCUT2D eigenvalue weighted by Gasteiger charge is 2.18. The van der Waals surface area contributed by atoms with Crippen LogP contribution in [0.1, 0.15) is 30.4 Å². The Labute approximate surface area is 107 Å². The van der Waals surface area contributed by atoms with E-state index in [0.29, 0.717) is 10.6 Å². The molecule has 0 radical (unpaired) electrons. The van der Waals surface area contributed by atoms with E-state index in [9.17, 15) is 0 Å². The Morgan fingerprint density at radius 3 is 2.81 bits per heavy atom. The van der Waals surface area contributed by atoms with Crippen molar-refractivity contribution < 1.29 is 0 Å². The number of benzene rings is 1. The molecule has 1 heterocycles. The molecule has 1 aromatic carbocycles. The monoisotopic (exact) mass is 253 g/mol. The quantitative estimate of drug-likeness (QED) is 0.855. The van der Waals surface area contributed by atoms with E-state index in [2.05, 4.69) is 67.0 Å². The van der Waals surface area contributed by atoms with Crippen molar-refractivity contribution in [3.05, 3.63) is 29.8 Å². The minimum Gasteiger partial charge on any atom is -0.383 e. The van der Waals surface area contributed by atoms with Gasteiger partial charge in [0, 0.05) is 23.2 Å². The fourth-order valence-corrected chi connectivity index (χ4v) is 4.55. The summed E-state index contributed by atoms with van der Waals surface area (Å²) in [6.07, 6.45) is 1.16. The molecule has 1 aliphatic rings. The Bertz CT molecular complexity index is 334. The summed E-state index contributed by atoms with van der Waals surface area (Å²) >= 11 is 4.13. The predicted octanol–water partition coefficient (Wildman–Crippen LogP) is 4.38. The van der Waals surface area contributed by atoms with Gasteiger partial charge in [0.15, 0.2) is 0 Å². The van der Waals surface area contributed by atoms with Crippen LogP contribution in [0.25, 0.3) is 0 Å². The minimum atomic E-state index is 0.555. The molecule has 1 aliphatic heterocycles. The SMILES string of the molecule is CCC(C)Nc1cccc(C2SCCS2)c1. The molecular weight excluding hydrogens is 234 g/mol. The minimum absolute atomic E-state index is 0.555. The van der Waals surface area contributed by atoms with Gasteiger partial charge in [0.2, 0.25) is 0 Å². The molecule has 0 bridgehead atoms. The molecule has 1 atom stereocenters. The first kappa shape index (κ1) is 12.2. The molecule has 1 nitrogen and oxygen atoms in total. The van der Waals surface area contributed by atoms with Gasteiger partial charge in [-0.3, -0.25) is 0 Å². The number of anilines is 1. The second kappa shape index (κ2) is 5.87. The summed E-state index contributed by atoms with van der Waals surface area (Å²) in [5, 5.41) is 3.54. The van der Waals surface area contributed by atoms with Crippen molar-refractivity contribution in [1.29, 1.82) is 0 Å². The summed E-state index contributed by atoms with van der Waals surface area (Å²) in [5.41, 5.74) is 2.72. The molecule has 0 aromatic heterocycles. The van der Waals surface area contributed by atoms with E-state index >= 15 is 0 Å². The highest BCUT2D eigenvalue weighted by atomic mass is 32.2. The maximum Gasteiger partial charge on any atom is 0.0752 e. The highest BCUT2D eigenvalue weighted by molar-refractivity contribution is 8.19. The van der Waals surface area contributed by atoms with E-state index < -0.39 is 0 Å². The third-order valence-electron chi connectivity index (χ3n) is 2.81. The molecule has 0 spiro atoms. The molecule has 1 aromatic rings. The third-order valence-corrected chi connectivity index (χ3v) is 5.91. The maximum atomic E-state index is 3.54. The number of rotatable bonds is 4. The van der Waals surface area contributed by atoms with Crippen LogP contribution in [0, 0.1) is 0 Å². The van der Waals surface area contributed by atoms with E-state index in [-0.39, 0.29) is 0 Å². The zero-order valence-electron chi connectivity index (χ0n) is 9.90. The molecule has 0 amide bonds. The molecule has 1 N–H and O–H groups in total. The second-order valence-corrected chi connectivity index (χ2v) is 6.88. The average Bonchev–Trinajstić information content (AvgIpc) is 2.83. The average molecular weight is 253 g/mol. The first-order chi connectivity index (χ1) is 7.79. The van der Waals surface area contributed by atoms with Gasteiger partial charge in [0.1, 0.15) is 0 Å². The number of nitrogens with one attached hydrogen (secondary N) is 1. The molecular formula is C13H19NS2. The Morgan fingerprint density at radius 1 is 1.38 bits per heavy atom. The lowest BCUT2D eigenvalue weighted by atomic mass is 10.2. The summed E-state index contributed by atoms with van der Waals surface area (Å²) < 4.78 is 0.652. The van der Waals surface area contributed by atoms with Crippen LogP contribution in [-0.2, 0) is 0 Å². The summed E-state index contributed by atoms with van der Waals surface area (Å²) in [6, 6.07) is 9.44. The predicted molar refractivity (Wildman–Crippen MR) is 77.5 cm³/mol. The Balaban J connectivity index is 2.06. The summed E-state index contributed by atoms with van der Waals surface area (Å²) in [5.74, 6) is 2.58. The first-order valence-corrected chi connectivity index (χ1v) is 7.99. The van der Waals surface area contributed by atoms with Crippen molar-refractivity contribution in [2.45, 2.75) is 30.9 Å². The third kappa shape index (κ3) is 3.11. The van der Waals surface area contributed by atoms with Crippen LogP contribution in [0.15, 0.2) is 24.3 Å². The fourth-order valence-electron chi connectivity index (χ4n) is 1.71. The zero-order valence-corrected chi connectivity index (χ0v) is 11.5. The zero-order chi connectivity index (χ0) is 11.4. The highest BCUT2D eigenvalue weighted by Crippen LogP contribution is 2.45. The van der Waals surface area contributed by atoms with Gasteiger partial charge >= 0.3 is 0 Å². The molecule has 0 aliphatic carbocycles. The van der Waals surface area contributed by atoms with Crippen molar-refractivity contribution in [1.82, 2.24) is 0 Å². The van der Waals surface area contributed by atoms with Crippen LogP contribution in [0.3, 0.4) is 0 Å². The summed E-state index contributed by atoms with van der Waals surface area (Å²) in [7, 11) is 0. The van der Waals surface area contributed by atoms with Gasteiger partial charge < -0.3 is 5.32 Å². The van der Waals surface area contributed by atoms with Gasteiger partial charge in [0.25, 0.3) is 0 Å². The number of thioether (sulfide) groups is 2. The molecule has 0 saturated carbocycles. The summed E-state index contributed by atoms with van der Waals surface area (Å²) in [4.78, 5) is 0. The smallest absolute Gasteiger partial charge is 0.0752 e. The molecule has 1 unspecified atom stereocenters. The Kier molecular flexibility index (Phi) is 4.47. The van der Waals surface area contributed by atoms with E-state index in [1.807, 2.05) is 0 Å². The normalized spacial score (nSPS) is 18.6. The lowest BCUT2D eigenvalue weighted by Gasteiger charge is -2.15. The van der Waals surface area contributed by atoms with Gasteiger partial charge in [0.05, 0.1) is 4.58 Å². The Morgan fingerprint density at radius 2 is 2.12 bits per heavy atom. The largest absolute Gasteiger partial charge is 0.383 e. The van der Waals surface area contributed by atoms with Crippen molar-refractivity contribution >= 4 is 29.2 Å².